The molecule has 46 heavy (non-hydrogen) atoms. The molecule has 5 rings (SSSR count). The molecule has 2 aliphatic rings. The van der Waals surface area contributed by atoms with E-state index in [1.807, 2.05) is 26.0 Å². The lowest BCUT2D eigenvalue weighted by molar-refractivity contribution is -0.290. The second-order valence-corrected chi connectivity index (χ2v) is 13.8. The summed E-state index contributed by atoms with van der Waals surface area (Å²) in [7, 11) is 0. The molecule has 2 aromatic heterocycles. The highest BCUT2D eigenvalue weighted by Crippen LogP contribution is 2.42. The predicted molar refractivity (Wildman–Crippen MR) is 169 cm³/mol. The van der Waals surface area contributed by atoms with Crippen molar-refractivity contribution in [1.29, 1.82) is 0 Å². The molecule has 1 aromatic carbocycles. The second-order valence-electron chi connectivity index (χ2n) is 12.0. The first-order chi connectivity index (χ1) is 21.7. The van der Waals surface area contributed by atoms with Crippen LogP contribution in [0.1, 0.15) is 75.4 Å². The number of pyridine rings is 2. The van der Waals surface area contributed by atoms with Crippen molar-refractivity contribution in [3.05, 3.63) is 70.8 Å². The summed E-state index contributed by atoms with van der Waals surface area (Å²) in [4.78, 5) is 21.0. The Balaban J connectivity index is 1.69. The number of benzene rings is 1. The van der Waals surface area contributed by atoms with Gasteiger partial charge in [0, 0.05) is 17.5 Å². The van der Waals surface area contributed by atoms with E-state index in [4.69, 9.17) is 14.5 Å². The summed E-state index contributed by atoms with van der Waals surface area (Å²) in [5.41, 5.74) is 5.84. The van der Waals surface area contributed by atoms with Crippen molar-refractivity contribution >= 4 is 40.4 Å². The number of aryl methyl sites for hydroxylation is 1. The molecule has 4 atom stereocenters. The van der Waals surface area contributed by atoms with Crippen LogP contribution in [0, 0.1) is 5.82 Å². The summed E-state index contributed by atoms with van der Waals surface area (Å²) in [6.45, 7) is 7.49. The maximum absolute atomic E-state index is 14.1. The standard InChI is InChI=1S/C32H36FN3O8S2/c1-18(2)30-25(13-12-21-16-22(17-28(37)38)44-32(3,4)43-21)29(19-8-10-20(33)11-9-19)24-6-5-7-26-23(31(24)35-30)14-15-27(34-26)36(45(39)40)46(41)42/h8-15,18,21-22H,5-7,16-17H2,1-4H3,(H,37,38)(H,39,40)(H,41,42)/p-2/b13-12+/t21-,22-/m1/s1. The zero-order chi connectivity index (χ0) is 33.3. The van der Waals surface area contributed by atoms with Crippen LogP contribution in [0.3, 0.4) is 0 Å². The lowest BCUT2D eigenvalue weighted by atomic mass is 9.86. The molecule has 14 heteroatoms. The second kappa shape index (κ2) is 13.8. The van der Waals surface area contributed by atoms with E-state index in [0.717, 1.165) is 27.9 Å². The van der Waals surface area contributed by atoms with Gasteiger partial charge in [-0.05, 0) is 80.0 Å². The summed E-state index contributed by atoms with van der Waals surface area (Å²) in [5, 5.41) is 9.37. The Morgan fingerprint density at radius 3 is 2.43 bits per heavy atom. The fourth-order valence-electron chi connectivity index (χ4n) is 6.10. The summed E-state index contributed by atoms with van der Waals surface area (Å²) in [6.07, 6.45) is 4.63. The Bertz CT molecular complexity index is 1700. The van der Waals surface area contributed by atoms with Crippen LogP contribution in [0.4, 0.5) is 10.2 Å². The SMILES string of the molecule is CC(C)c1nc2c(c(-c3ccc(F)cc3)c1/C=C/[C@@H]1C[C@H](CC(=O)O)OC(C)(C)O1)CCCc1nc(N(S(=O)[O-])S(=O)[O-])ccc1-2. The van der Waals surface area contributed by atoms with Crippen LogP contribution in [0.25, 0.3) is 28.5 Å². The number of hydrogen-bond acceptors (Lipinski definition) is 9. The zero-order valence-corrected chi connectivity index (χ0v) is 27.4. The van der Waals surface area contributed by atoms with Crippen molar-refractivity contribution in [2.45, 2.75) is 83.7 Å². The van der Waals surface area contributed by atoms with Crippen LogP contribution < -0.4 is 3.71 Å². The Kier molecular flexibility index (Phi) is 10.2. The van der Waals surface area contributed by atoms with Crippen molar-refractivity contribution in [2.75, 3.05) is 3.71 Å². The van der Waals surface area contributed by atoms with Gasteiger partial charge in [0.05, 0.1) is 58.2 Å². The number of anilines is 1. The van der Waals surface area contributed by atoms with Crippen molar-refractivity contribution in [3.8, 4) is 22.4 Å². The van der Waals surface area contributed by atoms with Gasteiger partial charge in [0.2, 0.25) is 0 Å². The van der Waals surface area contributed by atoms with Crippen molar-refractivity contribution in [2.24, 2.45) is 0 Å². The zero-order valence-electron chi connectivity index (χ0n) is 25.7. The highest BCUT2D eigenvalue weighted by molar-refractivity contribution is 7.98. The number of carboxylic acid groups (broad SMARTS) is 1. The molecule has 246 valence electrons. The van der Waals surface area contributed by atoms with Crippen LogP contribution in [-0.4, -0.2) is 56.6 Å². The van der Waals surface area contributed by atoms with Crippen LogP contribution in [0.2, 0.25) is 0 Å². The van der Waals surface area contributed by atoms with E-state index in [9.17, 15) is 31.8 Å². The average molecular weight is 672 g/mol. The van der Waals surface area contributed by atoms with E-state index in [2.05, 4.69) is 4.98 Å². The van der Waals surface area contributed by atoms with E-state index < -0.39 is 46.5 Å². The number of carbonyl (C=O) groups is 1. The first-order valence-electron chi connectivity index (χ1n) is 14.8. The van der Waals surface area contributed by atoms with E-state index in [0.29, 0.717) is 42.6 Å². The minimum atomic E-state index is -3.09. The number of carboxylic acids is 1. The van der Waals surface area contributed by atoms with Gasteiger partial charge in [-0.1, -0.05) is 38.1 Å². The highest BCUT2D eigenvalue weighted by atomic mass is 32.3. The number of hydrogen-bond donors (Lipinski definition) is 1. The Morgan fingerprint density at radius 2 is 1.80 bits per heavy atom. The first kappa shape index (κ1) is 33.9. The number of aromatic nitrogens is 2. The Hall–Kier alpha value is -3.40. The molecular weight excluding hydrogens is 637 g/mol. The third-order valence-electron chi connectivity index (χ3n) is 7.82. The van der Waals surface area contributed by atoms with Crippen molar-refractivity contribution < 1.29 is 41.3 Å². The van der Waals surface area contributed by atoms with Crippen LogP contribution in [0.5, 0.6) is 0 Å². The van der Waals surface area contributed by atoms with E-state index in [-0.39, 0.29) is 27.7 Å². The van der Waals surface area contributed by atoms with E-state index in [1.165, 1.54) is 18.2 Å². The maximum atomic E-state index is 14.1. The number of rotatable bonds is 9. The molecule has 2 unspecified atom stereocenters. The van der Waals surface area contributed by atoms with E-state index >= 15 is 0 Å². The third kappa shape index (κ3) is 7.42. The molecular formula is C32H34FN3O8S2-2. The summed E-state index contributed by atoms with van der Waals surface area (Å²) in [5.74, 6) is -2.66. The number of aliphatic carboxylic acids is 1. The lowest BCUT2D eigenvalue weighted by Gasteiger charge is -2.39. The molecule has 1 aliphatic carbocycles. The number of fused-ring (bicyclic) bond motifs is 3. The van der Waals surface area contributed by atoms with Gasteiger partial charge < -0.3 is 23.7 Å². The van der Waals surface area contributed by atoms with Gasteiger partial charge in [-0.3, -0.25) is 18.2 Å². The first-order valence-corrected chi connectivity index (χ1v) is 16.9. The lowest BCUT2D eigenvalue weighted by Crippen LogP contribution is -2.44. The molecule has 1 aliphatic heterocycles. The van der Waals surface area contributed by atoms with Crippen LogP contribution in [0.15, 0.2) is 42.5 Å². The predicted octanol–water partition coefficient (Wildman–Crippen LogP) is 5.35. The van der Waals surface area contributed by atoms with Gasteiger partial charge in [0.1, 0.15) is 5.82 Å². The summed E-state index contributed by atoms with van der Waals surface area (Å²) < 4.78 is 72.8. The smallest absolute Gasteiger partial charge is 0.305 e. The Morgan fingerprint density at radius 1 is 1.11 bits per heavy atom. The molecule has 0 saturated carbocycles. The minimum Gasteiger partial charge on any atom is -0.754 e. The molecule has 3 aromatic rings. The fourth-order valence-corrected chi connectivity index (χ4v) is 7.01. The quantitative estimate of drug-likeness (QED) is 0.293. The molecule has 11 nitrogen and oxygen atoms in total. The van der Waals surface area contributed by atoms with Gasteiger partial charge >= 0.3 is 5.97 Å². The van der Waals surface area contributed by atoms with Crippen LogP contribution >= 0.6 is 0 Å². The van der Waals surface area contributed by atoms with Gasteiger partial charge in [-0.15, -0.1) is 0 Å². The molecule has 0 radical (unpaired) electrons. The van der Waals surface area contributed by atoms with Gasteiger partial charge in [-0.2, -0.15) is 0 Å². The minimum absolute atomic E-state index is 0.0730. The highest BCUT2D eigenvalue weighted by Gasteiger charge is 2.35. The van der Waals surface area contributed by atoms with Gasteiger partial charge in [-0.25, -0.2) is 13.1 Å². The van der Waals surface area contributed by atoms with Crippen molar-refractivity contribution in [1.82, 2.24) is 9.97 Å². The molecule has 0 spiro atoms. The molecule has 3 heterocycles. The summed E-state index contributed by atoms with van der Waals surface area (Å²) >= 11 is -6.17. The van der Waals surface area contributed by atoms with Crippen molar-refractivity contribution in [3.63, 3.8) is 0 Å². The van der Waals surface area contributed by atoms with Crippen LogP contribution in [-0.2, 0) is 49.6 Å². The maximum Gasteiger partial charge on any atom is 0.305 e. The third-order valence-corrected chi connectivity index (χ3v) is 9.46. The summed E-state index contributed by atoms with van der Waals surface area (Å²) in [6, 6.07) is 9.17. The molecule has 0 bridgehead atoms. The van der Waals surface area contributed by atoms with Gasteiger partial charge in [0.25, 0.3) is 0 Å². The molecule has 1 saturated heterocycles. The topological polar surface area (TPSA) is 165 Å². The Labute approximate surface area is 271 Å². The van der Waals surface area contributed by atoms with Gasteiger partial charge in [0.15, 0.2) is 11.6 Å². The fraction of sp³-hybridized carbons (Fsp3) is 0.406. The normalized spacial score (nSPS) is 20.5. The molecule has 1 fully saturated rings. The largest absolute Gasteiger partial charge is 0.754 e. The monoisotopic (exact) mass is 671 g/mol. The number of ether oxygens (including phenoxy) is 2. The number of halogens is 1. The molecule has 0 amide bonds. The van der Waals surface area contributed by atoms with E-state index in [1.54, 1.807) is 32.0 Å². The average Bonchev–Trinajstić information content (AvgIpc) is 3.13. The molecule has 1 N–H and O–H groups in total. The number of nitrogens with zero attached hydrogens (tertiary/aromatic N) is 3.